The Hall–Kier alpha value is -2.24. The van der Waals surface area contributed by atoms with Gasteiger partial charge in [0.05, 0.1) is 0 Å². The molecule has 2 aromatic carbocycles. The van der Waals surface area contributed by atoms with Gasteiger partial charge in [0.15, 0.2) is 0 Å². The maximum Gasteiger partial charge on any atom is 0.253 e. The Bertz CT molecular complexity index is 928. The molecule has 1 aromatic heterocycles. The molecule has 1 amide bonds. The molecular formula is C21H20ClN3OS. The SMILES string of the molecule is O=C(c1cccc(Cl)c1)N1CCCC(c2nnc(Cc3ccccc3)s2)C1. The largest absolute Gasteiger partial charge is 0.338 e. The predicted octanol–water partition coefficient (Wildman–Crippen LogP) is 4.80. The first kappa shape index (κ1) is 18.1. The lowest BCUT2D eigenvalue weighted by molar-refractivity contribution is 0.0707. The summed E-state index contributed by atoms with van der Waals surface area (Å²) in [5, 5.41) is 11.4. The van der Waals surface area contributed by atoms with E-state index in [0.717, 1.165) is 35.8 Å². The van der Waals surface area contributed by atoms with E-state index >= 15 is 0 Å². The third kappa shape index (κ3) is 4.37. The van der Waals surface area contributed by atoms with Crippen LogP contribution in [0.3, 0.4) is 0 Å². The summed E-state index contributed by atoms with van der Waals surface area (Å²) >= 11 is 7.70. The Labute approximate surface area is 167 Å². The molecule has 27 heavy (non-hydrogen) atoms. The van der Waals surface area contributed by atoms with E-state index in [1.165, 1.54) is 5.56 Å². The minimum Gasteiger partial charge on any atom is -0.338 e. The molecule has 0 saturated carbocycles. The van der Waals surface area contributed by atoms with Crippen molar-refractivity contribution in [2.45, 2.75) is 25.2 Å². The molecule has 4 rings (SSSR count). The van der Waals surface area contributed by atoms with Gasteiger partial charge < -0.3 is 4.90 Å². The van der Waals surface area contributed by atoms with Crippen LogP contribution in [0.4, 0.5) is 0 Å². The zero-order valence-electron chi connectivity index (χ0n) is 14.8. The Balaban J connectivity index is 1.45. The Morgan fingerprint density at radius 2 is 2.00 bits per heavy atom. The van der Waals surface area contributed by atoms with E-state index in [1.807, 2.05) is 35.2 Å². The molecule has 0 N–H and O–H groups in total. The summed E-state index contributed by atoms with van der Waals surface area (Å²) in [6.45, 7) is 1.46. The van der Waals surface area contributed by atoms with Crippen LogP contribution in [0.25, 0.3) is 0 Å². The zero-order valence-corrected chi connectivity index (χ0v) is 16.4. The van der Waals surface area contributed by atoms with Gasteiger partial charge in [-0.05, 0) is 36.6 Å². The number of nitrogens with zero attached hydrogens (tertiary/aromatic N) is 3. The first-order valence-electron chi connectivity index (χ1n) is 9.10. The summed E-state index contributed by atoms with van der Waals surface area (Å²) in [6, 6.07) is 17.5. The number of benzene rings is 2. The van der Waals surface area contributed by atoms with E-state index in [0.29, 0.717) is 17.1 Å². The minimum absolute atomic E-state index is 0.0382. The second-order valence-electron chi connectivity index (χ2n) is 6.80. The Morgan fingerprint density at radius 3 is 2.81 bits per heavy atom. The standard InChI is InChI=1S/C21H20ClN3OS/c22-18-10-4-8-16(13-18)21(26)25-11-5-9-17(14-25)20-24-23-19(27-20)12-15-6-2-1-3-7-15/h1-4,6-8,10,13,17H,5,9,11-12,14H2. The van der Waals surface area contributed by atoms with Crippen molar-refractivity contribution in [1.82, 2.24) is 15.1 Å². The molecule has 0 spiro atoms. The number of piperidine rings is 1. The van der Waals surface area contributed by atoms with E-state index in [9.17, 15) is 4.79 Å². The predicted molar refractivity (Wildman–Crippen MR) is 108 cm³/mol. The molecule has 2 heterocycles. The van der Waals surface area contributed by atoms with Crippen molar-refractivity contribution in [3.8, 4) is 0 Å². The van der Waals surface area contributed by atoms with Gasteiger partial charge in [-0.2, -0.15) is 0 Å². The number of carbonyl (C=O) groups is 1. The smallest absolute Gasteiger partial charge is 0.253 e. The first-order chi connectivity index (χ1) is 13.2. The fourth-order valence-electron chi connectivity index (χ4n) is 3.44. The highest BCUT2D eigenvalue weighted by molar-refractivity contribution is 7.11. The quantitative estimate of drug-likeness (QED) is 0.635. The number of halogens is 1. The van der Waals surface area contributed by atoms with Crippen LogP contribution in [-0.2, 0) is 6.42 Å². The summed E-state index contributed by atoms with van der Waals surface area (Å²) in [7, 11) is 0. The van der Waals surface area contributed by atoms with Gasteiger partial charge in [0.1, 0.15) is 10.0 Å². The van der Waals surface area contributed by atoms with Gasteiger partial charge >= 0.3 is 0 Å². The topological polar surface area (TPSA) is 46.1 Å². The third-order valence-corrected chi connectivity index (χ3v) is 6.13. The molecule has 6 heteroatoms. The molecule has 1 aliphatic heterocycles. The average Bonchev–Trinajstić information content (AvgIpc) is 3.17. The van der Waals surface area contributed by atoms with Crippen molar-refractivity contribution in [3.63, 3.8) is 0 Å². The molecule has 138 valence electrons. The summed E-state index contributed by atoms with van der Waals surface area (Å²) in [6.07, 6.45) is 2.82. The third-order valence-electron chi connectivity index (χ3n) is 4.81. The molecule has 0 radical (unpaired) electrons. The molecule has 1 saturated heterocycles. The van der Waals surface area contributed by atoms with Crippen LogP contribution in [0.15, 0.2) is 54.6 Å². The van der Waals surface area contributed by atoms with Crippen molar-refractivity contribution < 1.29 is 4.79 Å². The second kappa shape index (κ2) is 8.19. The number of hydrogen-bond acceptors (Lipinski definition) is 4. The summed E-state index contributed by atoms with van der Waals surface area (Å²) in [4.78, 5) is 14.7. The highest BCUT2D eigenvalue weighted by Gasteiger charge is 2.28. The number of aromatic nitrogens is 2. The fraction of sp³-hybridized carbons (Fsp3) is 0.286. The number of carbonyl (C=O) groups excluding carboxylic acids is 1. The molecule has 4 nitrogen and oxygen atoms in total. The highest BCUT2D eigenvalue weighted by atomic mass is 35.5. The van der Waals surface area contributed by atoms with Gasteiger partial charge in [-0.3, -0.25) is 4.79 Å². The molecule has 1 fully saturated rings. The first-order valence-corrected chi connectivity index (χ1v) is 10.3. The average molecular weight is 398 g/mol. The van der Waals surface area contributed by atoms with E-state index in [-0.39, 0.29) is 11.8 Å². The van der Waals surface area contributed by atoms with Crippen LogP contribution in [0.5, 0.6) is 0 Å². The lowest BCUT2D eigenvalue weighted by atomic mass is 9.98. The number of likely N-dealkylation sites (tertiary alicyclic amines) is 1. The molecular weight excluding hydrogens is 378 g/mol. The minimum atomic E-state index is 0.0382. The number of amides is 1. The van der Waals surface area contributed by atoms with Gasteiger partial charge in [-0.15, -0.1) is 21.5 Å². The second-order valence-corrected chi connectivity index (χ2v) is 8.33. The van der Waals surface area contributed by atoms with Crippen LogP contribution in [-0.4, -0.2) is 34.1 Å². The monoisotopic (exact) mass is 397 g/mol. The number of hydrogen-bond donors (Lipinski definition) is 0. The van der Waals surface area contributed by atoms with Crippen LogP contribution < -0.4 is 0 Å². The van der Waals surface area contributed by atoms with Gasteiger partial charge in [0, 0.05) is 36.0 Å². The van der Waals surface area contributed by atoms with Gasteiger partial charge in [-0.25, -0.2) is 0 Å². The van der Waals surface area contributed by atoms with Gasteiger partial charge in [-0.1, -0.05) is 48.0 Å². The highest BCUT2D eigenvalue weighted by Crippen LogP contribution is 2.30. The van der Waals surface area contributed by atoms with Crippen LogP contribution in [0.2, 0.25) is 5.02 Å². The maximum atomic E-state index is 12.8. The van der Waals surface area contributed by atoms with Crippen molar-refractivity contribution in [3.05, 3.63) is 80.8 Å². The molecule has 0 bridgehead atoms. The van der Waals surface area contributed by atoms with E-state index in [4.69, 9.17) is 11.6 Å². The normalized spacial score (nSPS) is 17.1. The van der Waals surface area contributed by atoms with Crippen molar-refractivity contribution in [2.24, 2.45) is 0 Å². The lowest BCUT2D eigenvalue weighted by Gasteiger charge is -2.31. The van der Waals surface area contributed by atoms with E-state index in [2.05, 4.69) is 22.3 Å². The molecule has 1 unspecified atom stereocenters. The molecule has 1 atom stereocenters. The van der Waals surface area contributed by atoms with Crippen molar-refractivity contribution in [2.75, 3.05) is 13.1 Å². The number of rotatable bonds is 4. The summed E-state index contributed by atoms with van der Waals surface area (Å²) in [5.41, 5.74) is 1.88. The zero-order chi connectivity index (χ0) is 18.6. The maximum absolute atomic E-state index is 12.8. The Kier molecular flexibility index (Phi) is 5.50. The van der Waals surface area contributed by atoms with Crippen LogP contribution in [0, 0.1) is 0 Å². The van der Waals surface area contributed by atoms with Gasteiger partial charge in [0.2, 0.25) is 0 Å². The van der Waals surface area contributed by atoms with Crippen molar-refractivity contribution in [1.29, 1.82) is 0 Å². The molecule has 1 aliphatic rings. The lowest BCUT2D eigenvalue weighted by Crippen LogP contribution is -2.39. The van der Waals surface area contributed by atoms with Crippen LogP contribution in [0.1, 0.15) is 44.7 Å². The Morgan fingerprint density at radius 1 is 1.15 bits per heavy atom. The van der Waals surface area contributed by atoms with E-state index < -0.39 is 0 Å². The van der Waals surface area contributed by atoms with Crippen molar-refractivity contribution >= 4 is 28.8 Å². The summed E-state index contributed by atoms with van der Waals surface area (Å²) < 4.78 is 0. The molecule has 3 aromatic rings. The summed E-state index contributed by atoms with van der Waals surface area (Å²) in [5.74, 6) is 0.292. The van der Waals surface area contributed by atoms with Gasteiger partial charge in [0.25, 0.3) is 5.91 Å². The fourth-order valence-corrected chi connectivity index (χ4v) is 4.63. The molecule has 0 aliphatic carbocycles. The van der Waals surface area contributed by atoms with Crippen LogP contribution >= 0.6 is 22.9 Å². The van der Waals surface area contributed by atoms with E-state index in [1.54, 1.807) is 23.5 Å².